The van der Waals surface area contributed by atoms with Crippen molar-refractivity contribution in [3.8, 4) is 11.5 Å². The minimum atomic E-state index is -0.0961. The molecule has 1 aliphatic heterocycles. The quantitative estimate of drug-likeness (QED) is 0.759. The molecule has 0 aliphatic carbocycles. The maximum Gasteiger partial charge on any atom is 0.161 e. The van der Waals surface area contributed by atoms with E-state index in [4.69, 9.17) is 4.74 Å². The van der Waals surface area contributed by atoms with Gasteiger partial charge in [0, 0.05) is 24.7 Å². The number of rotatable bonds is 6. The first-order valence-corrected chi connectivity index (χ1v) is 8.93. The van der Waals surface area contributed by atoms with Crippen molar-refractivity contribution < 1.29 is 14.2 Å². The van der Waals surface area contributed by atoms with Crippen LogP contribution in [0, 0.1) is 5.82 Å². The molecule has 1 atom stereocenters. The van der Waals surface area contributed by atoms with Crippen molar-refractivity contribution in [2.75, 3.05) is 0 Å². The average molecular weight is 380 g/mol. The third kappa shape index (κ3) is 4.68. The highest BCUT2D eigenvalue weighted by Crippen LogP contribution is 2.30. The van der Waals surface area contributed by atoms with Crippen LogP contribution in [0.2, 0.25) is 0 Å². The molecule has 5 heteroatoms. The number of halogens is 2. The lowest BCUT2D eigenvalue weighted by Crippen LogP contribution is -2.28. The summed E-state index contributed by atoms with van der Waals surface area (Å²) < 4.78 is 19.5. The van der Waals surface area contributed by atoms with Gasteiger partial charge in [0.2, 0.25) is 0 Å². The Morgan fingerprint density at radius 1 is 1.15 bits per heavy atom. The lowest BCUT2D eigenvalue weighted by Gasteiger charge is -2.24. The van der Waals surface area contributed by atoms with Crippen molar-refractivity contribution in [2.24, 2.45) is 0 Å². The summed E-state index contributed by atoms with van der Waals surface area (Å²) in [6, 6.07) is 11.2. The molecule has 142 valence electrons. The van der Waals surface area contributed by atoms with Gasteiger partial charge in [0.05, 0.1) is 6.10 Å². The molecule has 0 spiro atoms. The fourth-order valence-corrected chi connectivity index (χ4v) is 3.34. The van der Waals surface area contributed by atoms with Gasteiger partial charge in [-0.25, -0.2) is 4.39 Å². The largest absolute Gasteiger partial charge is 0.504 e. The van der Waals surface area contributed by atoms with Crippen LogP contribution in [0.1, 0.15) is 43.9 Å². The van der Waals surface area contributed by atoms with Gasteiger partial charge in [-0.15, -0.1) is 12.4 Å². The maximum absolute atomic E-state index is 13.9. The van der Waals surface area contributed by atoms with Crippen LogP contribution in [0.4, 0.5) is 4.39 Å². The van der Waals surface area contributed by atoms with E-state index in [-0.39, 0.29) is 30.1 Å². The summed E-state index contributed by atoms with van der Waals surface area (Å²) in [7, 11) is 0. The third-order valence-corrected chi connectivity index (χ3v) is 4.81. The summed E-state index contributed by atoms with van der Waals surface area (Å²) in [5.41, 5.74) is 3.08. The van der Waals surface area contributed by atoms with Gasteiger partial charge in [0.25, 0.3) is 0 Å². The number of ether oxygens (including phenoxy) is 1. The van der Waals surface area contributed by atoms with Gasteiger partial charge in [0.15, 0.2) is 11.5 Å². The van der Waals surface area contributed by atoms with E-state index < -0.39 is 0 Å². The van der Waals surface area contributed by atoms with Gasteiger partial charge >= 0.3 is 0 Å². The molecular weight excluding hydrogens is 353 g/mol. The first-order chi connectivity index (χ1) is 11.9. The molecule has 2 aromatic rings. The Bertz CT molecular complexity index is 751. The molecule has 1 aliphatic rings. The number of aryl methyl sites for hydroxylation is 1. The molecule has 0 saturated carbocycles. The van der Waals surface area contributed by atoms with Crippen LogP contribution in [0.3, 0.4) is 0 Å². The number of fused-ring (bicyclic) bond motifs is 1. The molecule has 0 saturated heterocycles. The van der Waals surface area contributed by atoms with Gasteiger partial charge in [-0.05, 0) is 62.9 Å². The van der Waals surface area contributed by atoms with E-state index in [0.29, 0.717) is 18.3 Å². The summed E-state index contributed by atoms with van der Waals surface area (Å²) in [4.78, 5) is 2.32. The van der Waals surface area contributed by atoms with Crippen LogP contribution in [0.15, 0.2) is 36.4 Å². The molecule has 3 rings (SSSR count). The van der Waals surface area contributed by atoms with Crippen molar-refractivity contribution >= 4 is 12.4 Å². The Hall–Kier alpha value is -1.78. The first kappa shape index (κ1) is 20.5. The smallest absolute Gasteiger partial charge is 0.161 e. The molecular formula is C21H27ClFNO2. The fraction of sp³-hybridized carbons (Fsp3) is 0.429. The maximum atomic E-state index is 13.9. The summed E-state index contributed by atoms with van der Waals surface area (Å²) in [5, 5.41) is 9.89. The molecule has 26 heavy (non-hydrogen) atoms. The number of aromatic hydroxyl groups is 1. The van der Waals surface area contributed by atoms with Crippen molar-refractivity contribution in [1.82, 2.24) is 4.90 Å². The number of phenols is 1. The van der Waals surface area contributed by atoms with Gasteiger partial charge in [-0.3, -0.25) is 4.90 Å². The highest BCUT2D eigenvalue weighted by atomic mass is 35.5. The SMILES string of the molecule is CC(C)Oc1cc(CC[C@@H](C)N2Cc3cccc(F)c3C2)ccc1O.Cl. The standard InChI is InChI=1S/C21H26FNO2.ClH/c1-14(2)25-21-11-16(9-10-20(21)24)8-7-15(3)23-12-17-5-4-6-19(22)18(17)13-23;/h4-6,9-11,14-15,24H,7-8,12-13H2,1-3H3;1H/t15-;/m1./s1. The Morgan fingerprint density at radius 3 is 2.62 bits per heavy atom. The average Bonchev–Trinajstić information content (AvgIpc) is 3.00. The van der Waals surface area contributed by atoms with Crippen molar-refractivity contribution in [3.63, 3.8) is 0 Å². The zero-order valence-electron chi connectivity index (χ0n) is 15.5. The Kier molecular flexibility index (Phi) is 6.90. The first-order valence-electron chi connectivity index (χ1n) is 8.93. The van der Waals surface area contributed by atoms with Crippen LogP contribution >= 0.6 is 12.4 Å². The van der Waals surface area contributed by atoms with Gasteiger partial charge < -0.3 is 9.84 Å². The van der Waals surface area contributed by atoms with E-state index >= 15 is 0 Å². The molecule has 3 nitrogen and oxygen atoms in total. The zero-order chi connectivity index (χ0) is 18.0. The molecule has 1 heterocycles. The third-order valence-electron chi connectivity index (χ3n) is 4.81. The van der Waals surface area contributed by atoms with Crippen LogP contribution in [0.5, 0.6) is 11.5 Å². The van der Waals surface area contributed by atoms with Crippen LogP contribution in [-0.4, -0.2) is 22.2 Å². The lowest BCUT2D eigenvalue weighted by molar-refractivity contribution is 0.201. The van der Waals surface area contributed by atoms with E-state index in [1.165, 1.54) is 0 Å². The van der Waals surface area contributed by atoms with Crippen molar-refractivity contribution in [3.05, 3.63) is 58.9 Å². The van der Waals surface area contributed by atoms with Crippen LogP contribution in [-0.2, 0) is 19.5 Å². The van der Waals surface area contributed by atoms with E-state index in [9.17, 15) is 9.50 Å². The Labute approximate surface area is 161 Å². The highest BCUT2D eigenvalue weighted by Gasteiger charge is 2.25. The van der Waals surface area contributed by atoms with Gasteiger partial charge in [-0.2, -0.15) is 0 Å². The predicted molar refractivity (Wildman–Crippen MR) is 105 cm³/mol. The summed E-state index contributed by atoms with van der Waals surface area (Å²) in [6.45, 7) is 7.57. The molecule has 0 fully saturated rings. The fourth-order valence-electron chi connectivity index (χ4n) is 3.34. The molecule has 0 aromatic heterocycles. The second-order valence-corrected chi connectivity index (χ2v) is 7.14. The van der Waals surface area contributed by atoms with E-state index in [1.54, 1.807) is 18.2 Å². The molecule has 0 unspecified atom stereocenters. The monoisotopic (exact) mass is 379 g/mol. The Balaban J connectivity index is 0.00000243. The van der Waals surface area contributed by atoms with E-state index in [1.807, 2.05) is 32.0 Å². The minimum absolute atomic E-state index is 0. The predicted octanol–water partition coefficient (Wildman–Crippen LogP) is 5.08. The molecule has 1 N–H and O–H groups in total. The summed E-state index contributed by atoms with van der Waals surface area (Å²) >= 11 is 0. The molecule has 0 amide bonds. The van der Waals surface area contributed by atoms with Crippen LogP contribution in [0.25, 0.3) is 0 Å². The number of nitrogens with zero attached hydrogens (tertiary/aromatic N) is 1. The molecule has 0 bridgehead atoms. The Morgan fingerprint density at radius 2 is 1.92 bits per heavy atom. The van der Waals surface area contributed by atoms with Gasteiger partial charge in [0.1, 0.15) is 5.82 Å². The number of hydrogen-bond acceptors (Lipinski definition) is 3. The number of phenolic OH excluding ortho intramolecular Hbond substituents is 1. The number of hydrogen-bond donors (Lipinski definition) is 1. The van der Waals surface area contributed by atoms with E-state index in [0.717, 1.165) is 36.1 Å². The molecule has 0 radical (unpaired) electrons. The molecule has 2 aromatic carbocycles. The lowest BCUT2D eigenvalue weighted by atomic mass is 10.0. The topological polar surface area (TPSA) is 32.7 Å². The second-order valence-electron chi connectivity index (χ2n) is 7.14. The summed E-state index contributed by atoms with van der Waals surface area (Å²) in [5.74, 6) is 0.618. The zero-order valence-corrected chi connectivity index (χ0v) is 16.4. The normalized spacial score (nSPS) is 14.8. The summed E-state index contributed by atoms with van der Waals surface area (Å²) in [6.07, 6.45) is 1.89. The highest BCUT2D eigenvalue weighted by molar-refractivity contribution is 5.85. The van der Waals surface area contributed by atoms with Gasteiger partial charge in [-0.1, -0.05) is 18.2 Å². The number of benzene rings is 2. The van der Waals surface area contributed by atoms with Crippen molar-refractivity contribution in [1.29, 1.82) is 0 Å². The van der Waals surface area contributed by atoms with E-state index in [2.05, 4.69) is 11.8 Å². The second kappa shape index (κ2) is 8.74. The van der Waals surface area contributed by atoms with Crippen molar-refractivity contribution in [2.45, 2.75) is 58.8 Å². The minimum Gasteiger partial charge on any atom is -0.504 e. The van der Waals surface area contributed by atoms with Crippen LogP contribution < -0.4 is 4.74 Å².